The molecule has 0 aliphatic heterocycles. The zero-order chi connectivity index (χ0) is 15.0. The first-order chi connectivity index (χ1) is 9.42. The molecule has 108 valence electrons. The zero-order valence-electron chi connectivity index (χ0n) is 10.6. The van der Waals surface area contributed by atoms with Gasteiger partial charge in [0.1, 0.15) is 13.2 Å². The van der Waals surface area contributed by atoms with E-state index in [1.54, 1.807) is 36.4 Å². The van der Waals surface area contributed by atoms with Crippen molar-refractivity contribution in [3.8, 4) is 6.07 Å². The van der Waals surface area contributed by atoms with Gasteiger partial charge in [-0.05, 0) is 5.56 Å². The predicted molar refractivity (Wildman–Crippen MR) is 64.5 cm³/mol. The van der Waals surface area contributed by atoms with Crippen molar-refractivity contribution in [3.05, 3.63) is 35.9 Å². The third-order valence-electron chi connectivity index (χ3n) is 2.39. The molecule has 0 atom stereocenters. The Balaban J connectivity index is 2.50. The number of hydrogen-bond donors (Lipinski definition) is 0. The number of benzene rings is 1. The fourth-order valence-corrected chi connectivity index (χ4v) is 1.39. The molecular formula is C13H13F3N2O2. The quantitative estimate of drug-likeness (QED) is 0.781. The monoisotopic (exact) mass is 286 g/mol. The minimum Gasteiger partial charge on any atom is -0.445 e. The molecule has 0 heterocycles. The lowest BCUT2D eigenvalue weighted by Gasteiger charge is -2.19. The Bertz CT molecular complexity index is 469. The van der Waals surface area contributed by atoms with E-state index in [1.807, 2.05) is 0 Å². The molecule has 0 N–H and O–H groups in total. The van der Waals surface area contributed by atoms with Crippen molar-refractivity contribution in [3.63, 3.8) is 0 Å². The highest BCUT2D eigenvalue weighted by molar-refractivity contribution is 5.67. The standard InChI is InChI=1S/C13H13F3N2O2/c14-13(15,16)6-8-18(9-7-17)12(19)20-10-11-4-2-1-3-5-11/h1-5H,6,8-10H2. The van der Waals surface area contributed by atoms with E-state index in [-0.39, 0.29) is 6.61 Å². The topological polar surface area (TPSA) is 53.3 Å². The number of rotatable bonds is 5. The molecule has 0 saturated carbocycles. The molecule has 1 amide bonds. The number of nitrogens with zero attached hydrogens (tertiary/aromatic N) is 2. The van der Waals surface area contributed by atoms with Gasteiger partial charge in [0, 0.05) is 6.54 Å². The lowest BCUT2D eigenvalue weighted by Crippen LogP contribution is -2.34. The second-order valence-corrected chi connectivity index (χ2v) is 3.99. The fraction of sp³-hybridized carbons (Fsp3) is 0.385. The number of ether oxygens (including phenoxy) is 1. The summed E-state index contributed by atoms with van der Waals surface area (Å²) in [6.07, 6.45) is -6.48. The van der Waals surface area contributed by atoms with E-state index in [9.17, 15) is 18.0 Å². The molecule has 4 nitrogen and oxygen atoms in total. The predicted octanol–water partition coefficient (Wildman–Crippen LogP) is 3.10. The first-order valence-electron chi connectivity index (χ1n) is 5.81. The smallest absolute Gasteiger partial charge is 0.410 e. The highest BCUT2D eigenvalue weighted by Gasteiger charge is 2.29. The molecule has 0 radical (unpaired) electrons. The Kier molecular flexibility index (Phi) is 5.84. The van der Waals surface area contributed by atoms with Crippen LogP contribution >= 0.6 is 0 Å². The molecule has 0 unspecified atom stereocenters. The largest absolute Gasteiger partial charge is 0.445 e. The van der Waals surface area contributed by atoms with E-state index in [1.165, 1.54) is 0 Å². The molecular weight excluding hydrogens is 273 g/mol. The van der Waals surface area contributed by atoms with E-state index >= 15 is 0 Å². The first-order valence-corrected chi connectivity index (χ1v) is 5.81. The molecule has 1 aromatic carbocycles. The third kappa shape index (κ3) is 6.09. The summed E-state index contributed by atoms with van der Waals surface area (Å²) in [4.78, 5) is 12.3. The van der Waals surface area contributed by atoms with Crippen LogP contribution < -0.4 is 0 Å². The summed E-state index contributed by atoms with van der Waals surface area (Å²) < 4.78 is 41.2. The van der Waals surface area contributed by atoms with Gasteiger partial charge in [-0.1, -0.05) is 30.3 Å². The molecule has 20 heavy (non-hydrogen) atoms. The maximum Gasteiger partial charge on any atom is 0.410 e. The number of halogens is 3. The number of alkyl halides is 3. The summed E-state index contributed by atoms with van der Waals surface area (Å²) in [6, 6.07) is 10.4. The van der Waals surface area contributed by atoms with Crippen molar-refractivity contribution in [2.75, 3.05) is 13.1 Å². The van der Waals surface area contributed by atoms with Crippen LogP contribution in [0.1, 0.15) is 12.0 Å². The van der Waals surface area contributed by atoms with Crippen LogP contribution in [0.3, 0.4) is 0 Å². The van der Waals surface area contributed by atoms with Gasteiger partial charge >= 0.3 is 12.3 Å². The van der Waals surface area contributed by atoms with Crippen LogP contribution in [0.15, 0.2) is 30.3 Å². The number of hydrogen-bond acceptors (Lipinski definition) is 3. The van der Waals surface area contributed by atoms with Gasteiger partial charge in [-0.3, -0.25) is 4.90 Å². The van der Waals surface area contributed by atoms with Gasteiger partial charge in [0.25, 0.3) is 0 Å². The van der Waals surface area contributed by atoms with E-state index in [2.05, 4.69) is 0 Å². The maximum atomic E-state index is 12.1. The highest BCUT2D eigenvalue weighted by Crippen LogP contribution is 2.20. The molecule has 0 fully saturated rings. The van der Waals surface area contributed by atoms with Crippen molar-refractivity contribution < 1.29 is 22.7 Å². The molecule has 1 rings (SSSR count). The average molecular weight is 286 g/mol. The molecule has 0 aliphatic carbocycles. The Hall–Kier alpha value is -2.23. The maximum absolute atomic E-state index is 12.1. The van der Waals surface area contributed by atoms with E-state index in [4.69, 9.17) is 10.00 Å². The summed E-state index contributed by atoms with van der Waals surface area (Å²) in [5.41, 5.74) is 0.716. The van der Waals surface area contributed by atoms with Crippen LogP contribution in [0, 0.1) is 11.3 Å². The van der Waals surface area contributed by atoms with Crippen molar-refractivity contribution in [1.82, 2.24) is 4.90 Å². The molecule has 0 bridgehead atoms. The lowest BCUT2D eigenvalue weighted by atomic mass is 10.2. The average Bonchev–Trinajstić information content (AvgIpc) is 2.41. The number of nitriles is 1. The zero-order valence-corrected chi connectivity index (χ0v) is 10.6. The van der Waals surface area contributed by atoms with Gasteiger partial charge in [-0.25, -0.2) is 4.79 Å². The van der Waals surface area contributed by atoms with Gasteiger partial charge in [0.15, 0.2) is 0 Å². The first kappa shape index (κ1) is 15.8. The lowest BCUT2D eigenvalue weighted by molar-refractivity contribution is -0.136. The molecule has 0 aromatic heterocycles. The van der Waals surface area contributed by atoms with Gasteiger partial charge in [0.05, 0.1) is 12.5 Å². The van der Waals surface area contributed by atoms with E-state index < -0.39 is 31.8 Å². The second kappa shape index (κ2) is 7.38. The summed E-state index contributed by atoms with van der Waals surface area (Å²) >= 11 is 0. The van der Waals surface area contributed by atoms with Crippen molar-refractivity contribution in [2.45, 2.75) is 19.2 Å². The van der Waals surface area contributed by atoms with Gasteiger partial charge < -0.3 is 4.74 Å². The molecule has 7 heteroatoms. The Labute approximate surface area is 114 Å². The van der Waals surface area contributed by atoms with Crippen molar-refractivity contribution in [1.29, 1.82) is 5.26 Å². The summed E-state index contributed by atoms with van der Waals surface area (Å²) in [7, 11) is 0. The van der Waals surface area contributed by atoms with E-state index in [0.717, 1.165) is 4.90 Å². The Morgan fingerprint density at radius 3 is 2.50 bits per heavy atom. The molecule has 0 saturated heterocycles. The molecule has 1 aromatic rings. The van der Waals surface area contributed by atoms with Gasteiger partial charge in [0.2, 0.25) is 0 Å². The van der Waals surface area contributed by atoms with Gasteiger partial charge in [-0.15, -0.1) is 0 Å². The van der Waals surface area contributed by atoms with Crippen LogP contribution in [0.2, 0.25) is 0 Å². The Morgan fingerprint density at radius 2 is 1.95 bits per heavy atom. The number of carbonyl (C=O) groups excluding carboxylic acids is 1. The third-order valence-corrected chi connectivity index (χ3v) is 2.39. The van der Waals surface area contributed by atoms with E-state index in [0.29, 0.717) is 5.56 Å². The Morgan fingerprint density at radius 1 is 1.30 bits per heavy atom. The minimum atomic E-state index is -4.38. The minimum absolute atomic E-state index is 0.0480. The number of amides is 1. The molecule has 0 aliphatic rings. The van der Waals surface area contributed by atoms with Crippen LogP contribution in [-0.4, -0.2) is 30.3 Å². The fourth-order valence-electron chi connectivity index (χ4n) is 1.39. The van der Waals surface area contributed by atoms with Crippen molar-refractivity contribution in [2.24, 2.45) is 0 Å². The van der Waals surface area contributed by atoms with Crippen LogP contribution in [0.4, 0.5) is 18.0 Å². The summed E-state index contributed by atoms with van der Waals surface area (Å²) in [5.74, 6) is 0. The SMILES string of the molecule is N#CCN(CCC(F)(F)F)C(=O)OCc1ccccc1. The number of carbonyl (C=O) groups is 1. The second-order valence-electron chi connectivity index (χ2n) is 3.99. The molecule has 0 spiro atoms. The van der Waals surface area contributed by atoms with Crippen LogP contribution in [-0.2, 0) is 11.3 Å². The van der Waals surface area contributed by atoms with Crippen LogP contribution in [0.25, 0.3) is 0 Å². The van der Waals surface area contributed by atoms with Gasteiger partial charge in [-0.2, -0.15) is 18.4 Å². The normalized spacial score (nSPS) is 10.7. The summed E-state index contributed by atoms with van der Waals surface area (Å²) in [5, 5.41) is 8.52. The van der Waals surface area contributed by atoms with Crippen LogP contribution in [0.5, 0.6) is 0 Å². The highest BCUT2D eigenvalue weighted by atomic mass is 19.4. The summed E-state index contributed by atoms with van der Waals surface area (Å²) in [6.45, 7) is -1.08. The van der Waals surface area contributed by atoms with Crippen molar-refractivity contribution >= 4 is 6.09 Å².